The van der Waals surface area contributed by atoms with Crippen molar-refractivity contribution in [3.8, 4) is 6.07 Å². The van der Waals surface area contributed by atoms with E-state index in [0.717, 1.165) is 21.5 Å². The number of fused-ring (bicyclic) bond motifs is 3. The van der Waals surface area contributed by atoms with Gasteiger partial charge in [-0.2, -0.15) is 5.26 Å². The first-order chi connectivity index (χ1) is 12.2. The molecule has 5 heteroatoms. The molecule has 0 saturated heterocycles. The Labute approximate surface area is 148 Å². The molecule has 0 radical (unpaired) electrons. The molecule has 1 N–H and O–H groups in total. The molecule has 0 atom stereocenters. The van der Waals surface area contributed by atoms with Crippen LogP contribution in [-0.4, -0.2) is 9.38 Å². The zero-order valence-corrected chi connectivity index (χ0v) is 14.4. The molecule has 122 valence electrons. The van der Waals surface area contributed by atoms with Gasteiger partial charge in [0, 0.05) is 16.7 Å². The molecule has 2 heterocycles. The molecular formula is C20H15N3OS. The van der Waals surface area contributed by atoms with Gasteiger partial charge in [-0.05, 0) is 36.8 Å². The van der Waals surface area contributed by atoms with Crippen molar-refractivity contribution in [1.29, 1.82) is 5.26 Å². The van der Waals surface area contributed by atoms with Gasteiger partial charge >= 0.3 is 0 Å². The third-order valence-corrected chi connectivity index (χ3v) is 5.29. The van der Waals surface area contributed by atoms with Crippen LogP contribution in [0.4, 0.5) is 0 Å². The van der Waals surface area contributed by atoms with E-state index in [1.807, 2.05) is 31.2 Å². The predicted molar refractivity (Wildman–Crippen MR) is 101 cm³/mol. The summed E-state index contributed by atoms with van der Waals surface area (Å²) in [7, 11) is 0. The van der Waals surface area contributed by atoms with Gasteiger partial charge in [0.25, 0.3) is 5.56 Å². The summed E-state index contributed by atoms with van der Waals surface area (Å²) in [5.74, 6) is 0.576. The van der Waals surface area contributed by atoms with Gasteiger partial charge in [0.15, 0.2) is 0 Å². The van der Waals surface area contributed by atoms with Gasteiger partial charge < -0.3 is 4.98 Å². The van der Waals surface area contributed by atoms with Gasteiger partial charge in [-0.15, -0.1) is 11.8 Å². The van der Waals surface area contributed by atoms with Gasteiger partial charge in [0.1, 0.15) is 11.7 Å². The highest BCUT2D eigenvalue weighted by Gasteiger charge is 2.14. The van der Waals surface area contributed by atoms with Crippen molar-refractivity contribution in [2.75, 3.05) is 0 Å². The van der Waals surface area contributed by atoms with Crippen LogP contribution in [0, 0.1) is 18.3 Å². The fraction of sp³-hybridized carbons (Fsp3) is 0.100. The molecular weight excluding hydrogens is 330 g/mol. The predicted octanol–water partition coefficient (Wildman–Crippen LogP) is 4.25. The van der Waals surface area contributed by atoms with E-state index in [4.69, 9.17) is 0 Å². The number of thioether (sulfide) groups is 1. The first-order valence-electron chi connectivity index (χ1n) is 7.92. The van der Waals surface area contributed by atoms with Gasteiger partial charge in [0.2, 0.25) is 0 Å². The van der Waals surface area contributed by atoms with E-state index in [1.165, 1.54) is 5.56 Å². The van der Waals surface area contributed by atoms with Crippen LogP contribution in [0.15, 0.2) is 64.3 Å². The third-order valence-electron chi connectivity index (χ3n) is 4.22. The third kappa shape index (κ3) is 2.71. The van der Waals surface area contributed by atoms with Crippen LogP contribution in [0.5, 0.6) is 0 Å². The van der Waals surface area contributed by atoms with E-state index in [1.54, 1.807) is 22.2 Å². The van der Waals surface area contributed by atoms with Crippen LogP contribution in [0.1, 0.15) is 16.7 Å². The Kier molecular flexibility index (Phi) is 3.83. The van der Waals surface area contributed by atoms with E-state index >= 15 is 0 Å². The van der Waals surface area contributed by atoms with Crippen LogP contribution < -0.4 is 5.56 Å². The monoisotopic (exact) mass is 345 g/mol. The van der Waals surface area contributed by atoms with E-state index in [9.17, 15) is 10.1 Å². The fourth-order valence-corrected chi connectivity index (χ4v) is 3.83. The molecule has 0 spiro atoms. The number of hydrogen-bond donors (Lipinski definition) is 1. The minimum atomic E-state index is -0.119. The summed E-state index contributed by atoms with van der Waals surface area (Å²) in [6, 6.07) is 19.6. The molecule has 0 saturated carbocycles. The highest BCUT2D eigenvalue weighted by molar-refractivity contribution is 7.98. The van der Waals surface area contributed by atoms with Crippen molar-refractivity contribution in [2.45, 2.75) is 17.6 Å². The second kappa shape index (κ2) is 6.15. The Balaban J connectivity index is 1.81. The van der Waals surface area contributed by atoms with E-state index in [2.05, 4.69) is 35.3 Å². The SMILES string of the molecule is Cc1ccc(SCc2cc(=O)n3c([nH]c4ccccc43)c2C#N)cc1. The molecule has 0 aliphatic rings. The number of aryl methyl sites for hydroxylation is 1. The molecule has 25 heavy (non-hydrogen) atoms. The van der Waals surface area contributed by atoms with Gasteiger partial charge in [-0.1, -0.05) is 29.8 Å². The number of para-hydroxylation sites is 2. The summed E-state index contributed by atoms with van der Waals surface area (Å²) in [5.41, 5.74) is 4.57. The van der Waals surface area contributed by atoms with Crippen LogP contribution in [0.25, 0.3) is 16.7 Å². The van der Waals surface area contributed by atoms with Crippen LogP contribution >= 0.6 is 11.8 Å². The molecule has 2 aromatic carbocycles. The first kappa shape index (κ1) is 15.6. The highest BCUT2D eigenvalue weighted by Crippen LogP contribution is 2.26. The Bertz CT molecular complexity index is 1180. The zero-order chi connectivity index (χ0) is 17.4. The van der Waals surface area contributed by atoms with Crippen LogP contribution in [0.3, 0.4) is 0 Å². The first-order valence-corrected chi connectivity index (χ1v) is 8.91. The van der Waals surface area contributed by atoms with Gasteiger partial charge in [-0.25, -0.2) is 0 Å². The molecule has 0 amide bonds. The minimum Gasteiger partial charge on any atom is -0.338 e. The molecule has 0 unspecified atom stereocenters. The standard InChI is InChI=1S/C20H15N3OS/c1-13-6-8-15(9-7-13)25-12-14-10-19(24)23-18-5-3-2-4-17(18)22-20(23)16(14)11-21/h2-10,22H,12H2,1H3. The van der Waals surface area contributed by atoms with E-state index in [0.29, 0.717) is 17.0 Å². The number of H-pyrrole nitrogens is 1. The number of benzene rings is 2. The lowest BCUT2D eigenvalue weighted by Gasteiger charge is -2.06. The van der Waals surface area contributed by atoms with Crippen LogP contribution in [-0.2, 0) is 5.75 Å². The number of nitriles is 1. The number of aromatic amines is 1. The summed E-state index contributed by atoms with van der Waals surface area (Å²) in [4.78, 5) is 17.0. The number of pyridine rings is 1. The number of nitrogens with zero attached hydrogens (tertiary/aromatic N) is 2. The van der Waals surface area contributed by atoms with Crippen molar-refractivity contribution in [3.63, 3.8) is 0 Å². The van der Waals surface area contributed by atoms with Crippen molar-refractivity contribution in [2.24, 2.45) is 0 Å². The van der Waals surface area contributed by atoms with E-state index < -0.39 is 0 Å². The number of nitrogens with one attached hydrogen (secondary N) is 1. The molecule has 0 aliphatic heterocycles. The highest BCUT2D eigenvalue weighted by atomic mass is 32.2. The lowest BCUT2D eigenvalue weighted by molar-refractivity contribution is 1.12. The largest absolute Gasteiger partial charge is 0.338 e. The van der Waals surface area contributed by atoms with Crippen molar-refractivity contribution in [1.82, 2.24) is 9.38 Å². The van der Waals surface area contributed by atoms with Crippen LogP contribution in [0.2, 0.25) is 0 Å². The Hall–Kier alpha value is -2.97. The maximum Gasteiger partial charge on any atom is 0.257 e. The fourth-order valence-electron chi connectivity index (χ4n) is 2.95. The normalized spacial score (nSPS) is 11.0. The quantitative estimate of drug-likeness (QED) is 0.565. The van der Waals surface area contributed by atoms with Gasteiger partial charge in [-0.3, -0.25) is 9.20 Å². The Morgan fingerprint density at radius 3 is 2.68 bits per heavy atom. The number of rotatable bonds is 3. The molecule has 0 fully saturated rings. The summed E-state index contributed by atoms with van der Waals surface area (Å²) in [6.07, 6.45) is 0. The minimum absolute atomic E-state index is 0.119. The van der Waals surface area contributed by atoms with Gasteiger partial charge in [0.05, 0.1) is 16.6 Å². The molecule has 4 nitrogen and oxygen atoms in total. The molecule has 0 bridgehead atoms. The second-order valence-corrected chi connectivity index (χ2v) is 6.97. The van der Waals surface area contributed by atoms with E-state index in [-0.39, 0.29) is 5.56 Å². The zero-order valence-electron chi connectivity index (χ0n) is 13.6. The second-order valence-electron chi connectivity index (χ2n) is 5.92. The molecule has 0 aliphatic carbocycles. The summed E-state index contributed by atoms with van der Waals surface area (Å²) in [6.45, 7) is 2.05. The summed E-state index contributed by atoms with van der Waals surface area (Å²) < 4.78 is 1.58. The number of hydrogen-bond acceptors (Lipinski definition) is 3. The average molecular weight is 345 g/mol. The molecule has 2 aromatic heterocycles. The smallest absolute Gasteiger partial charge is 0.257 e. The molecule has 4 rings (SSSR count). The van der Waals surface area contributed by atoms with Crippen molar-refractivity contribution < 1.29 is 0 Å². The Morgan fingerprint density at radius 2 is 1.92 bits per heavy atom. The summed E-state index contributed by atoms with van der Waals surface area (Å²) >= 11 is 1.62. The maximum atomic E-state index is 12.6. The lowest BCUT2D eigenvalue weighted by atomic mass is 10.1. The number of imidazole rings is 1. The molecule has 4 aromatic rings. The number of aromatic nitrogens is 2. The maximum absolute atomic E-state index is 12.6. The summed E-state index contributed by atoms with van der Waals surface area (Å²) in [5, 5.41) is 9.67. The average Bonchev–Trinajstić information content (AvgIpc) is 3.01. The topological polar surface area (TPSA) is 61.1 Å². The Morgan fingerprint density at radius 1 is 1.16 bits per heavy atom. The lowest BCUT2D eigenvalue weighted by Crippen LogP contribution is -2.14. The van der Waals surface area contributed by atoms with Crippen molar-refractivity contribution in [3.05, 3.63) is 81.6 Å². The van der Waals surface area contributed by atoms with Crippen molar-refractivity contribution >= 4 is 28.4 Å².